The summed E-state index contributed by atoms with van der Waals surface area (Å²) in [6, 6.07) is 6.10. The van der Waals surface area contributed by atoms with Crippen molar-refractivity contribution in [3.63, 3.8) is 0 Å². The Labute approximate surface area is 170 Å². The first kappa shape index (κ1) is 20.0. The first-order valence-corrected chi connectivity index (χ1v) is 11.4. The van der Waals surface area contributed by atoms with Crippen LogP contribution in [-0.4, -0.2) is 62.5 Å². The van der Waals surface area contributed by atoms with Crippen LogP contribution in [0.1, 0.15) is 18.4 Å². The lowest BCUT2D eigenvalue weighted by Gasteiger charge is -2.33. The number of rotatable bonds is 6. The van der Waals surface area contributed by atoms with Crippen LogP contribution in [0.5, 0.6) is 11.6 Å². The molecule has 1 saturated heterocycles. The normalized spacial score (nSPS) is 17.5. The predicted molar refractivity (Wildman–Crippen MR) is 109 cm³/mol. The number of aromatic nitrogens is 2. The summed E-state index contributed by atoms with van der Waals surface area (Å²) in [7, 11) is -1.51. The molecule has 3 heterocycles. The first-order chi connectivity index (χ1) is 13.9. The molecule has 1 aromatic heterocycles. The van der Waals surface area contributed by atoms with E-state index in [4.69, 9.17) is 9.47 Å². The summed E-state index contributed by atoms with van der Waals surface area (Å²) in [6.07, 6.45) is 6.06. The van der Waals surface area contributed by atoms with Crippen molar-refractivity contribution in [2.24, 2.45) is 0 Å². The third kappa shape index (κ3) is 4.67. The molecule has 29 heavy (non-hydrogen) atoms. The molecule has 1 aromatic carbocycles. The Morgan fingerprint density at radius 1 is 1.24 bits per heavy atom. The molecular formula is C19H25N5O4S. The molecule has 0 radical (unpaired) electrons. The zero-order chi connectivity index (χ0) is 20.4. The second-order valence-corrected chi connectivity index (χ2v) is 9.16. The minimum atomic E-state index is -3.16. The average Bonchev–Trinajstić information content (AvgIpc) is 2.69. The molecule has 0 unspecified atom stereocenters. The molecule has 156 valence electrons. The van der Waals surface area contributed by atoms with Gasteiger partial charge in [0.2, 0.25) is 10.0 Å². The number of nitrogens with zero attached hydrogens (tertiary/aromatic N) is 4. The Kier molecular flexibility index (Phi) is 5.68. The summed E-state index contributed by atoms with van der Waals surface area (Å²) < 4.78 is 36.8. The van der Waals surface area contributed by atoms with Crippen LogP contribution in [0.2, 0.25) is 0 Å². The molecule has 1 N–H and O–H groups in total. The van der Waals surface area contributed by atoms with Gasteiger partial charge in [-0.2, -0.15) is 0 Å². The summed E-state index contributed by atoms with van der Waals surface area (Å²) in [6.45, 7) is 2.81. The van der Waals surface area contributed by atoms with Gasteiger partial charge in [0, 0.05) is 45.2 Å². The van der Waals surface area contributed by atoms with E-state index in [1.54, 1.807) is 19.5 Å². The van der Waals surface area contributed by atoms with Crippen molar-refractivity contribution in [1.82, 2.24) is 19.6 Å². The molecule has 9 nitrogen and oxygen atoms in total. The fraction of sp³-hybridized carbons (Fsp3) is 0.474. The largest absolute Gasteiger partial charge is 0.434 e. The van der Waals surface area contributed by atoms with E-state index < -0.39 is 10.0 Å². The predicted octanol–water partition coefficient (Wildman–Crippen LogP) is 1.84. The van der Waals surface area contributed by atoms with Crippen LogP contribution in [0, 0.1) is 0 Å². The molecule has 0 bridgehead atoms. The second kappa shape index (κ2) is 8.23. The van der Waals surface area contributed by atoms with Gasteiger partial charge >= 0.3 is 0 Å². The van der Waals surface area contributed by atoms with Crippen LogP contribution >= 0.6 is 0 Å². The highest BCUT2D eigenvalue weighted by Gasteiger charge is 2.27. The minimum Gasteiger partial charge on any atom is -0.434 e. The standard InChI is InChI=1S/C19H25N5O4S/c1-27-13-24-16-11-14(3-4-17(16)28-19-18(24)20-7-8-21-19)12-23-9-5-15(6-10-23)22-29(2,25)26/h3-4,7-8,11,15,22H,5-6,9-10,12-13H2,1-2H3. The molecule has 0 amide bonds. The Hall–Kier alpha value is -2.27. The van der Waals surface area contributed by atoms with Gasteiger partial charge in [-0.3, -0.25) is 9.80 Å². The molecule has 2 aromatic rings. The van der Waals surface area contributed by atoms with Crippen LogP contribution in [0.25, 0.3) is 0 Å². The van der Waals surface area contributed by atoms with E-state index in [1.807, 2.05) is 17.0 Å². The van der Waals surface area contributed by atoms with E-state index in [1.165, 1.54) is 6.26 Å². The van der Waals surface area contributed by atoms with Crippen molar-refractivity contribution in [1.29, 1.82) is 0 Å². The van der Waals surface area contributed by atoms with E-state index in [0.717, 1.165) is 49.5 Å². The third-order valence-electron chi connectivity index (χ3n) is 5.06. The summed E-state index contributed by atoms with van der Waals surface area (Å²) >= 11 is 0. The number of benzene rings is 1. The number of hydrogen-bond acceptors (Lipinski definition) is 8. The van der Waals surface area contributed by atoms with Crippen LogP contribution in [0.4, 0.5) is 11.5 Å². The van der Waals surface area contributed by atoms with Crippen molar-refractivity contribution in [2.45, 2.75) is 25.4 Å². The molecule has 0 atom stereocenters. The van der Waals surface area contributed by atoms with Crippen molar-refractivity contribution in [2.75, 3.05) is 38.1 Å². The van der Waals surface area contributed by atoms with Gasteiger partial charge in [0.15, 0.2) is 11.6 Å². The molecule has 10 heteroatoms. The Bertz CT molecular complexity index is 976. The summed E-state index contributed by atoms with van der Waals surface area (Å²) in [5.74, 6) is 1.81. The number of hydrogen-bond donors (Lipinski definition) is 1. The number of ether oxygens (including phenoxy) is 2. The SMILES string of the molecule is COCN1c2cc(CN3CCC(NS(C)(=O)=O)CC3)ccc2Oc2nccnc21. The maximum atomic E-state index is 11.4. The molecule has 2 aliphatic heterocycles. The van der Waals surface area contributed by atoms with Crippen molar-refractivity contribution < 1.29 is 17.9 Å². The number of methoxy groups -OCH3 is 1. The lowest BCUT2D eigenvalue weighted by Crippen LogP contribution is -2.43. The Morgan fingerprint density at radius 3 is 2.72 bits per heavy atom. The van der Waals surface area contributed by atoms with E-state index in [-0.39, 0.29) is 6.04 Å². The molecule has 0 aliphatic carbocycles. The third-order valence-corrected chi connectivity index (χ3v) is 5.82. The Balaban J connectivity index is 1.47. The second-order valence-electron chi connectivity index (χ2n) is 7.38. The molecule has 0 saturated carbocycles. The van der Waals surface area contributed by atoms with Crippen LogP contribution in [0.15, 0.2) is 30.6 Å². The zero-order valence-electron chi connectivity index (χ0n) is 16.5. The number of nitrogens with one attached hydrogen (secondary N) is 1. The number of anilines is 2. The smallest absolute Gasteiger partial charge is 0.263 e. The molecule has 0 spiro atoms. The topological polar surface area (TPSA) is 96.9 Å². The fourth-order valence-corrected chi connectivity index (χ4v) is 4.62. The Morgan fingerprint density at radius 2 is 2.00 bits per heavy atom. The van der Waals surface area contributed by atoms with Crippen LogP contribution < -0.4 is 14.4 Å². The molecule has 1 fully saturated rings. The number of sulfonamides is 1. The fourth-order valence-electron chi connectivity index (χ4n) is 3.78. The van der Waals surface area contributed by atoms with Crippen LogP contribution in [0.3, 0.4) is 0 Å². The van der Waals surface area contributed by atoms with E-state index in [2.05, 4.69) is 25.7 Å². The molecular weight excluding hydrogens is 394 g/mol. The van der Waals surface area contributed by atoms with E-state index in [9.17, 15) is 8.42 Å². The average molecular weight is 420 g/mol. The van der Waals surface area contributed by atoms with Crippen molar-refractivity contribution in [3.05, 3.63) is 36.2 Å². The maximum Gasteiger partial charge on any atom is 0.263 e. The highest BCUT2D eigenvalue weighted by atomic mass is 32.2. The minimum absolute atomic E-state index is 0.0189. The monoisotopic (exact) mass is 419 g/mol. The number of fused-ring (bicyclic) bond motifs is 2. The number of piperidine rings is 1. The quantitative estimate of drug-likeness (QED) is 0.758. The zero-order valence-corrected chi connectivity index (χ0v) is 17.4. The summed E-state index contributed by atoms with van der Waals surface area (Å²) in [5.41, 5.74) is 2.04. The van der Waals surface area contributed by atoms with Gasteiger partial charge in [-0.25, -0.2) is 23.1 Å². The van der Waals surface area contributed by atoms with E-state index in [0.29, 0.717) is 18.4 Å². The van der Waals surface area contributed by atoms with Gasteiger partial charge in [-0.15, -0.1) is 0 Å². The highest BCUT2D eigenvalue weighted by Crippen LogP contribution is 2.44. The van der Waals surface area contributed by atoms with Gasteiger partial charge in [-0.05, 0) is 30.5 Å². The van der Waals surface area contributed by atoms with Gasteiger partial charge in [0.25, 0.3) is 5.88 Å². The van der Waals surface area contributed by atoms with Crippen molar-refractivity contribution in [3.8, 4) is 11.6 Å². The highest BCUT2D eigenvalue weighted by molar-refractivity contribution is 7.88. The maximum absolute atomic E-state index is 11.4. The van der Waals surface area contributed by atoms with Gasteiger partial charge in [-0.1, -0.05) is 6.07 Å². The van der Waals surface area contributed by atoms with Gasteiger partial charge < -0.3 is 9.47 Å². The lowest BCUT2D eigenvalue weighted by molar-refractivity contribution is 0.199. The van der Waals surface area contributed by atoms with Gasteiger partial charge in [0.1, 0.15) is 6.73 Å². The first-order valence-electron chi connectivity index (χ1n) is 9.51. The van der Waals surface area contributed by atoms with Crippen LogP contribution in [-0.2, 0) is 21.3 Å². The van der Waals surface area contributed by atoms with E-state index >= 15 is 0 Å². The molecule has 2 aliphatic rings. The number of likely N-dealkylation sites (tertiary alicyclic amines) is 1. The van der Waals surface area contributed by atoms with Gasteiger partial charge in [0.05, 0.1) is 11.9 Å². The lowest BCUT2D eigenvalue weighted by atomic mass is 10.0. The summed E-state index contributed by atoms with van der Waals surface area (Å²) in [5, 5.41) is 0. The molecule has 4 rings (SSSR count). The van der Waals surface area contributed by atoms with Crippen molar-refractivity contribution >= 4 is 21.5 Å². The summed E-state index contributed by atoms with van der Waals surface area (Å²) in [4.78, 5) is 12.9.